The van der Waals surface area contributed by atoms with Crippen molar-refractivity contribution < 1.29 is 28.2 Å². The third-order valence-electron chi connectivity index (χ3n) is 6.78. The predicted molar refractivity (Wildman–Crippen MR) is 158 cm³/mol. The van der Waals surface area contributed by atoms with E-state index in [4.69, 9.17) is 23.4 Å². The van der Waals surface area contributed by atoms with E-state index in [1.54, 1.807) is 37.3 Å². The molecule has 4 aromatic carbocycles. The molecule has 0 fully saturated rings. The molecule has 0 saturated heterocycles. The second kappa shape index (κ2) is 12.4. The summed E-state index contributed by atoms with van der Waals surface area (Å²) in [5, 5.41) is 0.651. The summed E-state index contributed by atoms with van der Waals surface area (Å²) in [6.45, 7) is 2.26. The Morgan fingerprint density at radius 3 is 2.02 bits per heavy atom. The number of fused-ring (bicyclic) bond motifs is 2. The van der Waals surface area contributed by atoms with Crippen LogP contribution in [0.4, 0.5) is 0 Å². The fraction of sp³-hybridized carbons (Fsp3) is 0.176. The maximum absolute atomic E-state index is 13.9. The Hall–Kier alpha value is -5.04. The molecule has 5 aromatic rings. The van der Waals surface area contributed by atoms with Crippen molar-refractivity contribution in [2.45, 2.75) is 26.6 Å². The Balaban J connectivity index is 1.69. The summed E-state index contributed by atoms with van der Waals surface area (Å²) in [6.07, 6.45) is 1.97. The molecule has 0 saturated carbocycles. The molecule has 0 aliphatic carbocycles. The van der Waals surface area contributed by atoms with Crippen LogP contribution in [0, 0.1) is 0 Å². The van der Waals surface area contributed by atoms with Gasteiger partial charge in [0.1, 0.15) is 35.7 Å². The van der Waals surface area contributed by atoms with Crippen LogP contribution in [0.15, 0.2) is 106 Å². The lowest BCUT2D eigenvalue weighted by atomic mass is 10.0. The van der Waals surface area contributed by atoms with Crippen LogP contribution in [0.1, 0.15) is 23.6 Å². The second-order valence-electron chi connectivity index (χ2n) is 9.46. The number of hydrogen-bond acceptors (Lipinski definition) is 7. The molecule has 7 nitrogen and oxygen atoms in total. The number of benzene rings is 4. The van der Waals surface area contributed by atoms with E-state index in [1.165, 1.54) is 14.2 Å². The molecule has 0 spiro atoms. The highest BCUT2D eigenvalue weighted by Gasteiger charge is 2.22. The molecule has 0 unspecified atom stereocenters. The van der Waals surface area contributed by atoms with Crippen molar-refractivity contribution in [2.75, 3.05) is 14.2 Å². The highest BCUT2D eigenvalue weighted by Crippen LogP contribution is 2.38. The van der Waals surface area contributed by atoms with Crippen LogP contribution < -0.4 is 19.6 Å². The van der Waals surface area contributed by atoms with Crippen LogP contribution in [0.3, 0.4) is 0 Å². The number of rotatable bonds is 10. The van der Waals surface area contributed by atoms with Crippen LogP contribution in [0.25, 0.3) is 21.9 Å². The molecule has 1 aromatic heterocycles. The van der Waals surface area contributed by atoms with Crippen LogP contribution in [0.5, 0.6) is 17.2 Å². The summed E-state index contributed by atoms with van der Waals surface area (Å²) >= 11 is 0. The van der Waals surface area contributed by atoms with E-state index in [9.17, 15) is 9.59 Å². The van der Waals surface area contributed by atoms with Gasteiger partial charge >= 0.3 is 5.97 Å². The van der Waals surface area contributed by atoms with Gasteiger partial charge in [-0.15, -0.1) is 0 Å². The first-order valence-corrected chi connectivity index (χ1v) is 13.2. The van der Waals surface area contributed by atoms with Gasteiger partial charge in [-0.1, -0.05) is 72.8 Å². The Kier molecular flexibility index (Phi) is 8.34. The number of methoxy groups -OCH3 is 2. The number of hydrogen-bond donors (Lipinski definition) is 0. The standard InChI is InChI=1S/C34H30O7/c1-22(34(36)38-3)17-18-25-28(40-21-24-13-8-5-9-14-24)19-29(37-2)30-31(35)26-15-10-16-27(32(26)41-33(25)30)39-20-23-11-6-4-7-12-23/h4-17,19H,18,20-21H2,1-3H3/b22-17-. The number of esters is 1. The molecule has 208 valence electrons. The Morgan fingerprint density at radius 2 is 1.41 bits per heavy atom. The van der Waals surface area contributed by atoms with Crippen molar-refractivity contribution in [1.82, 2.24) is 0 Å². The van der Waals surface area contributed by atoms with Gasteiger partial charge in [-0.05, 0) is 36.6 Å². The number of carbonyl (C=O) groups excluding carboxylic acids is 1. The van der Waals surface area contributed by atoms with Gasteiger partial charge in [0.25, 0.3) is 0 Å². The van der Waals surface area contributed by atoms with E-state index in [0.29, 0.717) is 51.5 Å². The molecule has 41 heavy (non-hydrogen) atoms. The number of para-hydroxylation sites is 1. The van der Waals surface area contributed by atoms with E-state index in [1.807, 2.05) is 60.7 Å². The average Bonchev–Trinajstić information content (AvgIpc) is 3.02. The maximum atomic E-state index is 13.9. The average molecular weight is 551 g/mol. The minimum absolute atomic E-state index is 0.243. The molecule has 0 radical (unpaired) electrons. The fourth-order valence-corrected chi connectivity index (χ4v) is 4.58. The first kappa shape index (κ1) is 27.5. The third kappa shape index (κ3) is 5.94. The lowest BCUT2D eigenvalue weighted by molar-refractivity contribution is -0.136. The van der Waals surface area contributed by atoms with E-state index in [0.717, 1.165) is 11.1 Å². The topological polar surface area (TPSA) is 84.2 Å². The Labute approximate surface area is 237 Å². The van der Waals surface area contributed by atoms with Crippen molar-refractivity contribution in [2.24, 2.45) is 0 Å². The summed E-state index contributed by atoms with van der Waals surface area (Å²) in [6, 6.07) is 26.4. The smallest absolute Gasteiger partial charge is 0.333 e. The molecule has 0 aliphatic rings. The first-order chi connectivity index (χ1) is 20.0. The lowest BCUT2D eigenvalue weighted by Gasteiger charge is -2.17. The van der Waals surface area contributed by atoms with Gasteiger partial charge in [-0.25, -0.2) is 4.79 Å². The molecule has 0 N–H and O–H groups in total. The molecule has 7 heteroatoms. The van der Waals surface area contributed by atoms with Gasteiger partial charge in [-0.2, -0.15) is 0 Å². The van der Waals surface area contributed by atoms with Crippen LogP contribution in [0.2, 0.25) is 0 Å². The monoisotopic (exact) mass is 550 g/mol. The van der Waals surface area contributed by atoms with Gasteiger partial charge in [-0.3, -0.25) is 4.79 Å². The van der Waals surface area contributed by atoms with Crippen molar-refractivity contribution in [3.05, 3.63) is 123 Å². The predicted octanol–water partition coefficient (Wildman–Crippen LogP) is 6.77. The second-order valence-corrected chi connectivity index (χ2v) is 9.46. The quantitative estimate of drug-likeness (QED) is 0.108. The summed E-state index contributed by atoms with van der Waals surface area (Å²) in [7, 11) is 2.83. The molecule has 0 bridgehead atoms. The van der Waals surface area contributed by atoms with Crippen molar-refractivity contribution >= 4 is 27.9 Å². The highest BCUT2D eigenvalue weighted by atomic mass is 16.5. The molecule has 0 aliphatic heterocycles. The zero-order chi connectivity index (χ0) is 28.8. The zero-order valence-electron chi connectivity index (χ0n) is 23.1. The number of ether oxygens (including phenoxy) is 4. The number of allylic oxidation sites excluding steroid dienone is 1. The molecule has 0 atom stereocenters. The molecule has 5 rings (SSSR count). The van der Waals surface area contributed by atoms with Crippen LogP contribution >= 0.6 is 0 Å². The summed E-state index contributed by atoms with van der Waals surface area (Å²) in [4.78, 5) is 26.0. The molecule has 1 heterocycles. The van der Waals surface area contributed by atoms with Gasteiger partial charge in [0, 0.05) is 17.2 Å². The van der Waals surface area contributed by atoms with Crippen molar-refractivity contribution in [1.29, 1.82) is 0 Å². The molecular weight excluding hydrogens is 520 g/mol. The van der Waals surface area contributed by atoms with E-state index in [-0.39, 0.29) is 23.8 Å². The largest absolute Gasteiger partial charge is 0.496 e. The van der Waals surface area contributed by atoms with Gasteiger partial charge in [0.15, 0.2) is 11.3 Å². The zero-order valence-corrected chi connectivity index (χ0v) is 23.1. The molecular formula is C34H30O7. The molecule has 0 amide bonds. The van der Waals surface area contributed by atoms with E-state index < -0.39 is 5.97 Å². The van der Waals surface area contributed by atoms with E-state index >= 15 is 0 Å². The van der Waals surface area contributed by atoms with E-state index in [2.05, 4.69) is 0 Å². The highest BCUT2D eigenvalue weighted by molar-refractivity contribution is 5.98. The summed E-state index contributed by atoms with van der Waals surface area (Å²) in [5.74, 6) is 0.786. The van der Waals surface area contributed by atoms with Crippen LogP contribution in [-0.4, -0.2) is 20.2 Å². The minimum atomic E-state index is -0.446. The summed E-state index contributed by atoms with van der Waals surface area (Å²) < 4.78 is 29.4. The lowest BCUT2D eigenvalue weighted by Crippen LogP contribution is -2.09. The maximum Gasteiger partial charge on any atom is 0.333 e. The third-order valence-corrected chi connectivity index (χ3v) is 6.78. The number of carbonyl (C=O) groups is 1. The minimum Gasteiger partial charge on any atom is -0.496 e. The SMILES string of the molecule is COC(=O)/C(C)=C\Cc1c(OCc2ccccc2)cc(OC)c2c(=O)c3cccc(OCc4ccccc4)c3oc12. The van der Waals surface area contributed by atoms with Crippen molar-refractivity contribution in [3.8, 4) is 17.2 Å². The van der Waals surface area contributed by atoms with Gasteiger partial charge in [0.05, 0.1) is 19.6 Å². The normalized spacial score (nSPS) is 11.4. The van der Waals surface area contributed by atoms with Gasteiger partial charge in [0.2, 0.25) is 5.43 Å². The Bertz CT molecular complexity index is 1770. The Morgan fingerprint density at radius 1 is 0.780 bits per heavy atom. The summed E-state index contributed by atoms with van der Waals surface area (Å²) in [5.41, 5.74) is 3.32. The van der Waals surface area contributed by atoms with Gasteiger partial charge < -0.3 is 23.4 Å². The fourth-order valence-electron chi connectivity index (χ4n) is 4.58. The first-order valence-electron chi connectivity index (χ1n) is 13.2. The van der Waals surface area contributed by atoms with Crippen LogP contribution in [-0.2, 0) is 29.2 Å². The van der Waals surface area contributed by atoms with Crippen molar-refractivity contribution in [3.63, 3.8) is 0 Å².